The average molecular weight is 418 g/mol. The molecule has 1 aliphatic rings. The van der Waals surface area contributed by atoms with E-state index in [-0.39, 0.29) is 29.3 Å². The van der Waals surface area contributed by atoms with Crippen LogP contribution in [0, 0.1) is 6.92 Å². The van der Waals surface area contributed by atoms with E-state index in [0.717, 1.165) is 25.9 Å². The Kier molecular flexibility index (Phi) is 5.46. The quantitative estimate of drug-likeness (QED) is 0.702. The molecule has 0 unspecified atom stereocenters. The van der Waals surface area contributed by atoms with Crippen LogP contribution < -0.4 is 15.6 Å². The van der Waals surface area contributed by atoms with Crippen LogP contribution in [0.1, 0.15) is 35.6 Å². The zero-order chi connectivity index (χ0) is 21.3. The van der Waals surface area contributed by atoms with E-state index in [2.05, 4.69) is 20.0 Å². The van der Waals surface area contributed by atoms with E-state index < -0.39 is 6.36 Å². The zero-order valence-corrected chi connectivity index (χ0v) is 16.4. The normalized spacial score (nSPS) is 15.5. The van der Waals surface area contributed by atoms with Gasteiger partial charge in [-0.2, -0.15) is 0 Å². The Morgan fingerprint density at radius 1 is 1.23 bits per heavy atom. The van der Waals surface area contributed by atoms with E-state index in [0.29, 0.717) is 22.4 Å². The van der Waals surface area contributed by atoms with Crippen molar-refractivity contribution in [2.75, 3.05) is 13.1 Å². The number of halogens is 3. The van der Waals surface area contributed by atoms with Gasteiger partial charge in [0.05, 0.1) is 12.2 Å². The maximum atomic E-state index is 13.4. The molecule has 0 saturated carbocycles. The molecule has 0 atom stereocenters. The summed E-state index contributed by atoms with van der Waals surface area (Å²) in [6.07, 6.45) is -1.58. The van der Waals surface area contributed by atoms with Crippen molar-refractivity contribution < 1.29 is 17.9 Å². The van der Waals surface area contributed by atoms with Crippen molar-refractivity contribution in [2.24, 2.45) is 0 Å². The highest BCUT2D eigenvalue weighted by atomic mass is 19.4. The van der Waals surface area contributed by atoms with E-state index in [9.17, 15) is 18.0 Å². The smallest absolute Gasteiger partial charge is 0.405 e. The molecule has 4 rings (SSSR count). The van der Waals surface area contributed by atoms with Crippen LogP contribution in [-0.4, -0.2) is 34.0 Å². The molecule has 1 aliphatic heterocycles. The van der Waals surface area contributed by atoms with Gasteiger partial charge in [-0.25, -0.2) is 4.98 Å². The lowest BCUT2D eigenvalue weighted by Crippen LogP contribution is -2.32. The molecule has 2 aromatic heterocycles. The molecule has 1 fully saturated rings. The minimum atomic E-state index is -4.82. The van der Waals surface area contributed by atoms with Crippen LogP contribution in [0.25, 0.3) is 11.2 Å². The molecule has 9 heteroatoms. The van der Waals surface area contributed by atoms with Gasteiger partial charge >= 0.3 is 6.36 Å². The van der Waals surface area contributed by atoms with Crippen LogP contribution in [0.5, 0.6) is 5.75 Å². The van der Waals surface area contributed by atoms with Crippen LogP contribution in [0.3, 0.4) is 0 Å². The molecule has 3 aromatic rings. The lowest BCUT2D eigenvalue weighted by molar-refractivity contribution is -0.274. The molecule has 158 valence electrons. The highest BCUT2D eigenvalue weighted by Gasteiger charge is 2.32. The number of pyridine rings is 1. The Morgan fingerprint density at radius 2 is 1.97 bits per heavy atom. The second kappa shape index (κ2) is 8.06. The maximum absolute atomic E-state index is 13.4. The van der Waals surface area contributed by atoms with Gasteiger partial charge in [-0.15, -0.1) is 13.2 Å². The summed E-state index contributed by atoms with van der Waals surface area (Å²) >= 11 is 0. The van der Waals surface area contributed by atoms with Gasteiger partial charge in [0.25, 0.3) is 5.56 Å². The summed E-state index contributed by atoms with van der Waals surface area (Å²) < 4.78 is 44.1. The summed E-state index contributed by atoms with van der Waals surface area (Å²) in [7, 11) is 0. The maximum Gasteiger partial charge on any atom is 0.573 e. The monoisotopic (exact) mass is 418 g/mol. The molecule has 1 N–H and O–H groups in total. The molecule has 30 heavy (non-hydrogen) atoms. The van der Waals surface area contributed by atoms with Crippen LogP contribution in [-0.2, 0) is 6.54 Å². The van der Waals surface area contributed by atoms with Gasteiger partial charge in [-0.3, -0.25) is 14.3 Å². The topological polar surface area (TPSA) is 69.0 Å². The number of para-hydroxylation sites is 1. The van der Waals surface area contributed by atoms with E-state index in [1.54, 1.807) is 25.3 Å². The van der Waals surface area contributed by atoms with Crippen molar-refractivity contribution in [1.29, 1.82) is 0 Å². The van der Waals surface area contributed by atoms with E-state index in [1.807, 2.05) is 0 Å². The number of piperidine rings is 1. The Morgan fingerprint density at radius 3 is 2.70 bits per heavy atom. The minimum absolute atomic E-state index is 0.0687. The van der Waals surface area contributed by atoms with Crippen molar-refractivity contribution in [1.82, 2.24) is 19.9 Å². The molecule has 1 saturated heterocycles. The second-order valence-corrected chi connectivity index (χ2v) is 7.39. The van der Waals surface area contributed by atoms with Crippen molar-refractivity contribution in [2.45, 2.75) is 38.6 Å². The average Bonchev–Trinajstić information content (AvgIpc) is 2.71. The molecule has 0 bridgehead atoms. The Bertz CT molecular complexity index is 1120. The number of fused-ring (bicyclic) bond motifs is 1. The third-order valence-electron chi connectivity index (χ3n) is 5.25. The molecule has 0 spiro atoms. The number of hydrogen-bond acceptors (Lipinski definition) is 5. The van der Waals surface area contributed by atoms with E-state index in [4.69, 9.17) is 0 Å². The largest absolute Gasteiger partial charge is 0.573 e. The number of aromatic nitrogens is 3. The molecular formula is C21H21F3N4O2. The number of nitrogens with zero attached hydrogens (tertiary/aromatic N) is 3. The summed E-state index contributed by atoms with van der Waals surface area (Å²) in [6.45, 7) is 3.27. The highest BCUT2D eigenvalue weighted by Crippen LogP contribution is 2.28. The van der Waals surface area contributed by atoms with Crippen molar-refractivity contribution in [3.05, 3.63) is 63.7 Å². The Balaban J connectivity index is 1.85. The van der Waals surface area contributed by atoms with Gasteiger partial charge in [0.1, 0.15) is 11.3 Å². The van der Waals surface area contributed by atoms with Gasteiger partial charge in [-0.05, 0) is 50.9 Å². The van der Waals surface area contributed by atoms with Gasteiger partial charge in [-0.1, -0.05) is 18.2 Å². The number of ether oxygens (including phenoxy) is 1. The number of rotatable bonds is 4. The Labute approximate surface area is 170 Å². The number of aryl methyl sites for hydroxylation is 1. The molecule has 3 heterocycles. The molecule has 1 aromatic carbocycles. The standard InChI is InChI=1S/C21H21F3N4O2/c1-13-11-26-17-10-16(14-6-8-25-9-7-14)20(29)28(19(17)27-13)12-15-4-2-3-5-18(15)30-21(22,23)24/h2-5,10-11,14,25H,6-9,12H2,1H3. The SMILES string of the molecule is Cc1cnc2cc(C3CCNCC3)c(=O)n(Cc3ccccc3OC(F)(F)F)c2n1. The molecular weight excluding hydrogens is 397 g/mol. The van der Waals surface area contributed by atoms with Crippen LogP contribution in [0.4, 0.5) is 13.2 Å². The summed E-state index contributed by atoms with van der Waals surface area (Å²) in [5.74, 6) is -0.267. The van der Waals surface area contributed by atoms with E-state index >= 15 is 0 Å². The summed E-state index contributed by atoms with van der Waals surface area (Å²) in [4.78, 5) is 22.3. The highest BCUT2D eigenvalue weighted by molar-refractivity contribution is 5.71. The first kappa shape index (κ1) is 20.3. The lowest BCUT2D eigenvalue weighted by atomic mass is 9.91. The minimum Gasteiger partial charge on any atom is -0.405 e. The summed E-state index contributed by atoms with van der Waals surface area (Å²) in [5, 5.41) is 3.27. The van der Waals surface area contributed by atoms with Crippen molar-refractivity contribution >= 4 is 11.2 Å². The number of alkyl halides is 3. The van der Waals surface area contributed by atoms with Gasteiger partial charge in [0.15, 0.2) is 5.65 Å². The van der Waals surface area contributed by atoms with Crippen molar-refractivity contribution in [3.63, 3.8) is 0 Å². The van der Waals surface area contributed by atoms with E-state index in [1.165, 1.54) is 22.8 Å². The first-order valence-electron chi connectivity index (χ1n) is 9.73. The zero-order valence-electron chi connectivity index (χ0n) is 16.4. The molecule has 0 radical (unpaired) electrons. The predicted molar refractivity (Wildman–Crippen MR) is 106 cm³/mol. The third kappa shape index (κ3) is 4.30. The van der Waals surface area contributed by atoms with Gasteiger partial charge < -0.3 is 10.1 Å². The van der Waals surface area contributed by atoms with Crippen molar-refractivity contribution in [3.8, 4) is 5.75 Å². The van der Waals surface area contributed by atoms with Crippen LogP contribution in [0.2, 0.25) is 0 Å². The van der Waals surface area contributed by atoms with Crippen LogP contribution in [0.15, 0.2) is 41.3 Å². The lowest BCUT2D eigenvalue weighted by Gasteiger charge is -2.23. The van der Waals surface area contributed by atoms with Gasteiger partial charge in [0.2, 0.25) is 0 Å². The number of hydrogen-bond donors (Lipinski definition) is 1. The third-order valence-corrected chi connectivity index (χ3v) is 5.25. The van der Waals surface area contributed by atoms with Gasteiger partial charge in [0, 0.05) is 17.3 Å². The fourth-order valence-electron chi connectivity index (χ4n) is 3.84. The number of nitrogens with one attached hydrogen (secondary N) is 1. The first-order valence-corrected chi connectivity index (χ1v) is 9.73. The first-order chi connectivity index (χ1) is 14.3. The fraction of sp³-hybridized carbons (Fsp3) is 0.381. The summed E-state index contributed by atoms with van der Waals surface area (Å²) in [6, 6.07) is 7.60. The molecule has 0 amide bonds. The number of benzene rings is 1. The second-order valence-electron chi connectivity index (χ2n) is 7.39. The summed E-state index contributed by atoms with van der Waals surface area (Å²) in [5.41, 5.74) is 2.11. The molecule has 0 aliphatic carbocycles. The van der Waals surface area contributed by atoms with Crippen LogP contribution >= 0.6 is 0 Å². The Hall–Kier alpha value is -2.94. The predicted octanol–water partition coefficient (Wildman–Crippen LogP) is 3.51. The molecule has 6 nitrogen and oxygen atoms in total. The fourth-order valence-corrected chi connectivity index (χ4v) is 3.84.